The zero-order valence-electron chi connectivity index (χ0n) is 21.2. The topological polar surface area (TPSA) is 26.3 Å². The molecule has 2 heteroatoms. The number of fused-ring (bicyclic) bond motifs is 5. The molecule has 0 spiro atoms. The Morgan fingerprint density at radius 1 is 1.06 bits per heavy atom. The van der Waals surface area contributed by atoms with Gasteiger partial charge in [0.05, 0.1) is 0 Å². The number of esters is 1. The van der Waals surface area contributed by atoms with Gasteiger partial charge in [0.2, 0.25) is 0 Å². The molecule has 0 aromatic heterocycles. The molecule has 4 rings (SSSR count). The third-order valence-corrected chi connectivity index (χ3v) is 10.6. The van der Waals surface area contributed by atoms with Crippen molar-refractivity contribution in [2.75, 3.05) is 0 Å². The minimum Gasteiger partial charge on any atom is -0.462 e. The van der Waals surface area contributed by atoms with E-state index in [-0.39, 0.29) is 12.1 Å². The van der Waals surface area contributed by atoms with Crippen LogP contribution in [0.2, 0.25) is 0 Å². The quantitative estimate of drug-likeness (QED) is 0.317. The minimum absolute atomic E-state index is 0.115. The molecule has 0 aromatic rings. The number of carbonyl (C=O) groups is 1. The average Bonchev–Trinajstić information content (AvgIpc) is 3.05. The number of hydrogen-bond acceptors (Lipinski definition) is 2. The lowest BCUT2D eigenvalue weighted by atomic mass is 9.47. The molecule has 0 amide bonds. The van der Waals surface area contributed by atoms with E-state index in [4.69, 9.17) is 4.74 Å². The maximum atomic E-state index is 11.5. The second-order valence-corrected chi connectivity index (χ2v) is 12.8. The van der Waals surface area contributed by atoms with E-state index >= 15 is 0 Å². The van der Waals surface area contributed by atoms with Gasteiger partial charge in [0.15, 0.2) is 0 Å². The van der Waals surface area contributed by atoms with E-state index in [0.29, 0.717) is 10.8 Å². The molecule has 8 atom stereocenters. The summed E-state index contributed by atoms with van der Waals surface area (Å²) >= 11 is 0. The van der Waals surface area contributed by atoms with Crippen molar-refractivity contribution in [3.05, 3.63) is 11.6 Å². The molecule has 176 valence electrons. The van der Waals surface area contributed by atoms with Crippen molar-refractivity contribution in [3.63, 3.8) is 0 Å². The van der Waals surface area contributed by atoms with Crippen LogP contribution in [0.5, 0.6) is 0 Å². The van der Waals surface area contributed by atoms with Gasteiger partial charge in [-0.3, -0.25) is 4.79 Å². The zero-order valence-corrected chi connectivity index (χ0v) is 21.2. The van der Waals surface area contributed by atoms with Crippen molar-refractivity contribution < 1.29 is 9.53 Å². The van der Waals surface area contributed by atoms with Gasteiger partial charge < -0.3 is 4.74 Å². The second-order valence-electron chi connectivity index (χ2n) is 12.8. The highest BCUT2D eigenvalue weighted by Crippen LogP contribution is 2.67. The normalized spacial score (nSPS) is 42.9. The summed E-state index contributed by atoms with van der Waals surface area (Å²) in [4.78, 5) is 11.5. The second kappa shape index (κ2) is 8.86. The van der Waals surface area contributed by atoms with Crippen LogP contribution in [0.25, 0.3) is 0 Å². The minimum atomic E-state index is -0.115. The van der Waals surface area contributed by atoms with Crippen molar-refractivity contribution in [2.45, 2.75) is 118 Å². The fourth-order valence-corrected chi connectivity index (χ4v) is 8.99. The van der Waals surface area contributed by atoms with Crippen LogP contribution < -0.4 is 0 Å². The predicted octanol–water partition coefficient (Wildman–Crippen LogP) is 7.96. The summed E-state index contributed by atoms with van der Waals surface area (Å²) in [6.45, 7) is 14.1. The third-order valence-electron chi connectivity index (χ3n) is 10.6. The molecule has 3 fully saturated rings. The Kier molecular flexibility index (Phi) is 6.68. The Bertz CT molecular complexity index is 693. The molecule has 2 nitrogen and oxygen atoms in total. The van der Waals surface area contributed by atoms with Crippen LogP contribution in [0.3, 0.4) is 0 Å². The first-order valence-electron chi connectivity index (χ1n) is 13.5. The highest BCUT2D eigenvalue weighted by molar-refractivity contribution is 5.66. The van der Waals surface area contributed by atoms with Gasteiger partial charge in [0.1, 0.15) is 6.10 Å². The van der Waals surface area contributed by atoms with E-state index in [2.05, 4.69) is 40.7 Å². The van der Waals surface area contributed by atoms with Crippen molar-refractivity contribution in [2.24, 2.45) is 46.3 Å². The van der Waals surface area contributed by atoms with Gasteiger partial charge in [-0.2, -0.15) is 0 Å². The molecule has 31 heavy (non-hydrogen) atoms. The number of hydrogen-bond donors (Lipinski definition) is 0. The molecule has 4 aliphatic carbocycles. The third kappa shape index (κ3) is 4.26. The lowest BCUT2D eigenvalue weighted by molar-refractivity contribution is -0.148. The van der Waals surface area contributed by atoms with E-state index in [1.54, 1.807) is 12.5 Å². The highest BCUT2D eigenvalue weighted by Gasteiger charge is 2.59. The van der Waals surface area contributed by atoms with Gasteiger partial charge in [0, 0.05) is 13.3 Å². The molecule has 0 heterocycles. The van der Waals surface area contributed by atoms with Crippen molar-refractivity contribution in [3.8, 4) is 0 Å². The average molecular weight is 429 g/mol. The smallest absolute Gasteiger partial charge is 0.302 e. The summed E-state index contributed by atoms with van der Waals surface area (Å²) in [6.07, 6.45) is 17.2. The zero-order chi connectivity index (χ0) is 22.4. The Morgan fingerprint density at radius 3 is 2.55 bits per heavy atom. The Hall–Kier alpha value is -0.790. The summed E-state index contributed by atoms with van der Waals surface area (Å²) in [5.74, 6) is 5.19. The molecule has 4 unspecified atom stereocenters. The van der Waals surface area contributed by atoms with Gasteiger partial charge in [0.25, 0.3) is 0 Å². The summed E-state index contributed by atoms with van der Waals surface area (Å²) in [6, 6.07) is 0. The van der Waals surface area contributed by atoms with Crippen LogP contribution in [0.4, 0.5) is 0 Å². The first-order valence-corrected chi connectivity index (χ1v) is 13.5. The molecule has 0 saturated heterocycles. The van der Waals surface area contributed by atoms with Crippen LogP contribution in [0, 0.1) is 46.3 Å². The summed E-state index contributed by atoms with van der Waals surface area (Å²) < 4.78 is 5.61. The Balaban J connectivity index is 1.47. The van der Waals surface area contributed by atoms with Gasteiger partial charge in [-0.15, -0.1) is 0 Å². The maximum absolute atomic E-state index is 11.5. The van der Waals surface area contributed by atoms with E-state index < -0.39 is 0 Å². The molecular weight excluding hydrogens is 380 g/mol. The van der Waals surface area contributed by atoms with E-state index in [1.807, 2.05) is 0 Å². The molecule has 0 aromatic carbocycles. The van der Waals surface area contributed by atoms with Gasteiger partial charge in [-0.25, -0.2) is 0 Å². The fraction of sp³-hybridized carbons (Fsp3) is 0.897. The van der Waals surface area contributed by atoms with Gasteiger partial charge in [-0.05, 0) is 91.3 Å². The number of rotatable bonds is 6. The van der Waals surface area contributed by atoms with Crippen molar-refractivity contribution in [1.29, 1.82) is 0 Å². The van der Waals surface area contributed by atoms with Crippen LogP contribution in [0.1, 0.15) is 112 Å². The van der Waals surface area contributed by atoms with Crippen LogP contribution in [-0.4, -0.2) is 12.1 Å². The predicted molar refractivity (Wildman–Crippen MR) is 129 cm³/mol. The summed E-state index contributed by atoms with van der Waals surface area (Å²) in [5.41, 5.74) is 2.53. The van der Waals surface area contributed by atoms with Crippen LogP contribution >= 0.6 is 0 Å². The summed E-state index contributed by atoms with van der Waals surface area (Å²) in [7, 11) is 0. The van der Waals surface area contributed by atoms with E-state index in [1.165, 1.54) is 57.8 Å². The Morgan fingerprint density at radius 2 is 1.84 bits per heavy atom. The lowest BCUT2D eigenvalue weighted by Crippen LogP contribution is -2.51. The number of ether oxygens (including phenoxy) is 1. The number of allylic oxidation sites excluding steroid dienone is 1. The highest BCUT2D eigenvalue weighted by atomic mass is 16.5. The lowest BCUT2D eigenvalue weighted by Gasteiger charge is -2.58. The maximum Gasteiger partial charge on any atom is 0.302 e. The molecule has 3 saturated carbocycles. The largest absolute Gasteiger partial charge is 0.462 e. The van der Waals surface area contributed by atoms with Crippen molar-refractivity contribution >= 4 is 5.97 Å². The first-order chi connectivity index (χ1) is 14.6. The summed E-state index contributed by atoms with van der Waals surface area (Å²) in [5, 5.41) is 0. The monoisotopic (exact) mass is 428 g/mol. The Labute approximate surface area is 192 Å². The van der Waals surface area contributed by atoms with Gasteiger partial charge >= 0.3 is 5.97 Å². The van der Waals surface area contributed by atoms with E-state index in [9.17, 15) is 4.79 Å². The van der Waals surface area contributed by atoms with E-state index in [0.717, 1.165) is 48.3 Å². The van der Waals surface area contributed by atoms with Crippen molar-refractivity contribution in [1.82, 2.24) is 0 Å². The molecule has 0 bridgehead atoms. The van der Waals surface area contributed by atoms with Crippen LogP contribution in [0.15, 0.2) is 11.6 Å². The molecule has 0 radical (unpaired) electrons. The first kappa shape index (κ1) is 23.4. The SMILES string of the molecule is CC(=O)O[C@H]1CC[C@@]2(C)C(=CC[C@H]3C4CCC(C(C)CCCC(C)C)[C@@]4(C)CCC32)C1. The van der Waals surface area contributed by atoms with Crippen LogP contribution in [-0.2, 0) is 9.53 Å². The molecule has 4 aliphatic rings. The van der Waals surface area contributed by atoms with Gasteiger partial charge in [-0.1, -0.05) is 65.5 Å². The fourth-order valence-electron chi connectivity index (χ4n) is 8.99. The standard InChI is InChI=1S/C29H48O2/c1-19(2)8-7-9-20(3)25-12-13-26-24-11-10-22-18-23(31-21(4)30)14-16-28(22,5)27(24)15-17-29(25,26)6/h10,19-20,23-27H,7-9,11-18H2,1-6H3/t20?,23-,24-,25?,26?,27?,28-,29+/m0/s1. The molecular formula is C29H48O2. The number of carbonyl (C=O) groups excluding carboxylic acids is 1. The molecule has 0 aliphatic heterocycles. The molecule has 0 N–H and O–H groups in total.